The van der Waals surface area contributed by atoms with Crippen molar-refractivity contribution in [3.8, 4) is 11.5 Å². The number of hydrogen-bond donors (Lipinski definition) is 1. The Hall–Kier alpha value is -1.96. The summed E-state index contributed by atoms with van der Waals surface area (Å²) in [6.45, 7) is 2.90. The number of halogens is 1. The molecule has 0 atom stereocenters. The summed E-state index contributed by atoms with van der Waals surface area (Å²) in [4.78, 5) is 6.49. The Morgan fingerprint density at radius 2 is 1.77 bits per heavy atom. The summed E-state index contributed by atoms with van der Waals surface area (Å²) in [7, 11) is 3.84. The zero-order valence-electron chi connectivity index (χ0n) is 15.3. The van der Waals surface area contributed by atoms with Crippen LogP contribution in [0.1, 0.15) is 17.5 Å². The van der Waals surface area contributed by atoms with E-state index < -0.39 is 0 Å². The third kappa shape index (κ3) is 5.52. The van der Waals surface area contributed by atoms with Crippen molar-refractivity contribution in [3.05, 3.63) is 59.7 Å². The maximum Gasteiger partial charge on any atom is 0.193 e. The highest BCUT2D eigenvalue weighted by Gasteiger charge is 2.11. The zero-order chi connectivity index (χ0) is 17.5. The van der Waals surface area contributed by atoms with Gasteiger partial charge in [0.25, 0.3) is 0 Å². The first-order valence-electron chi connectivity index (χ1n) is 8.60. The minimum Gasteiger partial charge on any atom is -0.490 e. The molecule has 0 unspecified atom stereocenters. The minimum atomic E-state index is 0. The van der Waals surface area contributed by atoms with Crippen molar-refractivity contribution in [2.24, 2.45) is 4.99 Å². The molecule has 0 aromatic heterocycles. The maximum absolute atomic E-state index is 5.76. The molecule has 0 radical (unpaired) electrons. The van der Waals surface area contributed by atoms with E-state index >= 15 is 0 Å². The van der Waals surface area contributed by atoms with E-state index in [-0.39, 0.29) is 24.0 Å². The molecule has 0 saturated heterocycles. The number of hydrogen-bond acceptors (Lipinski definition) is 3. The predicted octanol–water partition coefficient (Wildman–Crippen LogP) is 3.67. The van der Waals surface area contributed by atoms with E-state index in [4.69, 9.17) is 9.47 Å². The number of ether oxygens (including phenoxy) is 2. The highest BCUT2D eigenvalue weighted by Crippen LogP contribution is 2.30. The molecule has 3 rings (SSSR count). The molecular formula is C20H26IN3O2. The molecule has 0 fully saturated rings. The number of guanidine groups is 1. The minimum absolute atomic E-state index is 0. The third-order valence-electron chi connectivity index (χ3n) is 4.10. The van der Waals surface area contributed by atoms with Gasteiger partial charge in [-0.15, -0.1) is 24.0 Å². The van der Waals surface area contributed by atoms with E-state index in [2.05, 4.69) is 45.5 Å². The molecule has 0 saturated carbocycles. The molecule has 0 spiro atoms. The molecule has 2 aromatic rings. The van der Waals surface area contributed by atoms with Gasteiger partial charge in [-0.25, -0.2) is 0 Å². The van der Waals surface area contributed by atoms with E-state index in [1.807, 2.05) is 25.2 Å². The summed E-state index contributed by atoms with van der Waals surface area (Å²) in [6, 6.07) is 16.5. The number of nitrogens with one attached hydrogen (secondary N) is 1. The van der Waals surface area contributed by atoms with Crippen LogP contribution in [0.4, 0.5) is 0 Å². The zero-order valence-corrected chi connectivity index (χ0v) is 17.6. The van der Waals surface area contributed by atoms with Crippen LogP contribution >= 0.6 is 24.0 Å². The van der Waals surface area contributed by atoms with E-state index in [0.717, 1.165) is 36.0 Å². The van der Waals surface area contributed by atoms with E-state index in [1.54, 1.807) is 7.05 Å². The molecule has 1 aliphatic heterocycles. The number of aliphatic imine (C=N–C) groups is 1. The SMILES string of the molecule is CN=C(NCc1ccc2c(c1)OCCCO2)N(C)Cc1ccccc1.I. The van der Waals surface area contributed by atoms with Gasteiger partial charge in [0.2, 0.25) is 0 Å². The lowest BCUT2D eigenvalue weighted by molar-refractivity contribution is 0.297. The van der Waals surface area contributed by atoms with Crippen LogP contribution in [-0.4, -0.2) is 38.2 Å². The van der Waals surface area contributed by atoms with Crippen LogP contribution in [0.5, 0.6) is 11.5 Å². The Bertz CT molecular complexity index is 722. The Labute approximate surface area is 172 Å². The van der Waals surface area contributed by atoms with Crippen molar-refractivity contribution >= 4 is 29.9 Å². The van der Waals surface area contributed by atoms with Gasteiger partial charge in [0.05, 0.1) is 13.2 Å². The number of nitrogens with zero attached hydrogens (tertiary/aromatic N) is 2. The Balaban J connectivity index is 0.00000243. The van der Waals surface area contributed by atoms with Crippen molar-refractivity contribution in [2.75, 3.05) is 27.3 Å². The van der Waals surface area contributed by atoms with Gasteiger partial charge in [0.1, 0.15) is 0 Å². The molecule has 26 heavy (non-hydrogen) atoms. The first-order chi connectivity index (χ1) is 12.3. The summed E-state index contributed by atoms with van der Waals surface area (Å²) in [5.74, 6) is 2.51. The van der Waals surface area contributed by atoms with Crippen LogP contribution in [0.2, 0.25) is 0 Å². The number of rotatable bonds is 4. The van der Waals surface area contributed by atoms with Crippen LogP contribution < -0.4 is 14.8 Å². The molecule has 1 heterocycles. The van der Waals surface area contributed by atoms with Gasteiger partial charge in [-0.3, -0.25) is 4.99 Å². The van der Waals surface area contributed by atoms with Gasteiger partial charge in [-0.2, -0.15) is 0 Å². The van der Waals surface area contributed by atoms with E-state index in [1.165, 1.54) is 5.56 Å². The largest absolute Gasteiger partial charge is 0.490 e. The van der Waals surface area contributed by atoms with Crippen molar-refractivity contribution < 1.29 is 9.47 Å². The Morgan fingerprint density at radius 1 is 1.04 bits per heavy atom. The monoisotopic (exact) mass is 467 g/mol. The van der Waals surface area contributed by atoms with Gasteiger partial charge in [0.15, 0.2) is 17.5 Å². The van der Waals surface area contributed by atoms with Crippen molar-refractivity contribution in [2.45, 2.75) is 19.5 Å². The second-order valence-corrected chi connectivity index (χ2v) is 6.07. The van der Waals surface area contributed by atoms with Crippen LogP contribution in [0.25, 0.3) is 0 Å². The van der Waals surface area contributed by atoms with Crippen LogP contribution in [0, 0.1) is 0 Å². The molecule has 5 nitrogen and oxygen atoms in total. The van der Waals surface area contributed by atoms with E-state index in [9.17, 15) is 0 Å². The molecule has 0 bridgehead atoms. The molecule has 0 aliphatic carbocycles. The molecular weight excluding hydrogens is 441 g/mol. The summed E-state index contributed by atoms with van der Waals surface area (Å²) in [5, 5.41) is 3.41. The molecule has 0 amide bonds. The molecule has 1 N–H and O–H groups in total. The third-order valence-corrected chi connectivity index (χ3v) is 4.10. The lowest BCUT2D eigenvalue weighted by Gasteiger charge is -2.22. The predicted molar refractivity (Wildman–Crippen MR) is 116 cm³/mol. The van der Waals surface area contributed by atoms with E-state index in [0.29, 0.717) is 19.8 Å². The molecule has 2 aromatic carbocycles. The lowest BCUT2D eigenvalue weighted by Crippen LogP contribution is -2.38. The molecule has 6 heteroatoms. The van der Waals surface area contributed by atoms with Gasteiger partial charge in [0, 0.05) is 33.6 Å². The van der Waals surface area contributed by atoms with Crippen molar-refractivity contribution in [1.82, 2.24) is 10.2 Å². The second-order valence-electron chi connectivity index (χ2n) is 6.07. The highest BCUT2D eigenvalue weighted by molar-refractivity contribution is 14.0. The second kappa shape index (κ2) is 10.3. The van der Waals surface area contributed by atoms with Crippen molar-refractivity contribution in [1.29, 1.82) is 0 Å². The fourth-order valence-corrected chi connectivity index (χ4v) is 2.82. The van der Waals surface area contributed by atoms with Crippen LogP contribution in [0.15, 0.2) is 53.5 Å². The first-order valence-corrected chi connectivity index (χ1v) is 8.60. The normalized spacial score (nSPS) is 13.4. The lowest BCUT2D eigenvalue weighted by atomic mass is 10.2. The van der Waals surface area contributed by atoms with Crippen molar-refractivity contribution in [3.63, 3.8) is 0 Å². The maximum atomic E-state index is 5.76. The quantitative estimate of drug-likeness (QED) is 0.424. The molecule has 140 valence electrons. The average Bonchev–Trinajstić information content (AvgIpc) is 2.88. The van der Waals surface area contributed by atoms with Gasteiger partial charge < -0.3 is 19.7 Å². The smallest absolute Gasteiger partial charge is 0.193 e. The van der Waals surface area contributed by atoms with Gasteiger partial charge >= 0.3 is 0 Å². The fraction of sp³-hybridized carbons (Fsp3) is 0.350. The fourth-order valence-electron chi connectivity index (χ4n) is 2.82. The Kier molecular flexibility index (Phi) is 8.03. The van der Waals surface area contributed by atoms with Gasteiger partial charge in [-0.1, -0.05) is 36.4 Å². The summed E-state index contributed by atoms with van der Waals surface area (Å²) < 4.78 is 11.4. The molecule has 1 aliphatic rings. The summed E-state index contributed by atoms with van der Waals surface area (Å²) in [5.41, 5.74) is 2.39. The Morgan fingerprint density at radius 3 is 2.50 bits per heavy atom. The summed E-state index contributed by atoms with van der Waals surface area (Å²) >= 11 is 0. The topological polar surface area (TPSA) is 46.1 Å². The standard InChI is InChI=1S/C20H25N3O2.HI/c1-21-20(23(2)15-16-7-4-3-5-8-16)22-14-17-9-10-18-19(13-17)25-12-6-11-24-18;/h3-5,7-10,13H,6,11-12,14-15H2,1-2H3,(H,21,22);1H. The van der Waals surface area contributed by atoms with Gasteiger partial charge in [-0.05, 0) is 23.3 Å². The van der Waals surface area contributed by atoms with Crippen LogP contribution in [0.3, 0.4) is 0 Å². The number of benzene rings is 2. The number of fused-ring (bicyclic) bond motifs is 1. The first kappa shape index (κ1) is 20.4. The summed E-state index contributed by atoms with van der Waals surface area (Å²) in [6.07, 6.45) is 0.916. The average molecular weight is 467 g/mol. The highest BCUT2D eigenvalue weighted by atomic mass is 127. The van der Waals surface area contributed by atoms with Crippen LogP contribution in [-0.2, 0) is 13.1 Å².